The van der Waals surface area contributed by atoms with E-state index < -0.39 is 6.10 Å². The molecular formula is C24H30N2O3. The molecule has 0 aromatic heterocycles. The third-order valence-electron chi connectivity index (χ3n) is 5.93. The highest BCUT2D eigenvalue weighted by atomic mass is 16.5. The van der Waals surface area contributed by atoms with Crippen molar-refractivity contribution in [2.24, 2.45) is 0 Å². The van der Waals surface area contributed by atoms with Gasteiger partial charge in [-0.1, -0.05) is 36.4 Å². The first kappa shape index (κ1) is 19.9. The number of carbonyl (C=O) groups excluding carboxylic acids is 1. The molecule has 1 heterocycles. The summed E-state index contributed by atoms with van der Waals surface area (Å²) in [5.41, 5.74) is 5.31. The lowest BCUT2D eigenvalue weighted by Gasteiger charge is -2.30. The van der Waals surface area contributed by atoms with E-state index in [2.05, 4.69) is 40.5 Å². The topological polar surface area (TPSA) is 61.8 Å². The lowest BCUT2D eigenvalue weighted by molar-refractivity contribution is -0.123. The monoisotopic (exact) mass is 394 g/mol. The van der Waals surface area contributed by atoms with Gasteiger partial charge in [0.2, 0.25) is 0 Å². The number of hydrogen-bond acceptors (Lipinski definition) is 4. The van der Waals surface area contributed by atoms with Crippen LogP contribution in [0.5, 0.6) is 5.75 Å². The van der Waals surface area contributed by atoms with E-state index in [1.165, 1.54) is 35.1 Å². The number of ether oxygens (including phenoxy) is 1. The van der Waals surface area contributed by atoms with Crippen molar-refractivity contribution in [3.05, 3.63) is 64.7 Å². The fourth-order valence-corrected chi connectivity index (χ4v) is 4.38. The summed E-state index contributed by atoms with van der Waals surface area (Å²) in [6.45, 7) is 2.57. The summed E-state index contributed by atoms with van der Waals surface area (Å²) in [4.78, 5) is 14.4. The molecule has 1 unspecified atom stereocenters. The SMILES string of the molecule is O=C(COc1cccc2c1CCCC2)NCC(O)CN1CCc2ccccc2C1. The van der Waals surface area contributed by atoms with Crippen molar-refractivity contribution in [1.29, 1.82) is 0 Å². The highest BCUT2D eigenvalue weighted by Gasteiger charge is 2.19. The zero-order valence-corrected chi connectivity index (χ0v) is 16.9. The maximum Gasteiger partial charge on any atom is 0.258 e. The molecule has 1 atom stereocenters. The highest BCUT2D eigenvalue weighted by Crippen LogP contribution is 2.29. The summed E-state index contributed by atoms with van der Waals surface area (Å²) in [5, 5.41) is 13.1. The van der Waals surface area contributed by atoms with Crippen LogP contribution in [0.25, 0.3) is 0 Å². The first-order chi connectivity index (χ1) is 14.2. The summed E-state index contributed by atoms with van der Waals surface area (Å²) < 4.78 is 5.78. The minimum atomic E-state index is -0.589. The average molecular weight is 395 g/mol. The van der Waals surface area contributed by atoms with Crippen LogP contribution in [-0.2, 0) is 30.6 Å². The number of nitrogens with zero attached hydrogens (tertiary/aromatic N) is 1. The molecule has 2 aliphatic rings. The number of aliphatic hydroxyl groups excluding tert-OH is 1. The number of rotatable bonds is 7. The second kappa shape index (κ2) is 9.42. The standard InChI is InChI=1S/C24H30N2O3/c27-21(16-26-13-12-18-6-1-2-8-20(18)15-26)14-25-24(28)17-29-23-11-5-9-19-7-3-4-10-22(19)23/h1-2,5-6,8-9,11,21,27H,3-4,7,10,12-17H2,(H,25,28). The molecule has 5 heteroatoms. The number of amides is 1. The Kier molecular flexibility index (Phi) is 6.47. The molecule has 0 bridgehead atoms. The van der Waals surface area contributed by atoms with Crippen LogP contribution in [0.15, 0.2) is 42.5 Å². The molecule has 0 saturated heterocycles. The molecule has 1 aliphatic heterocycles. The van der Waals surface area contributed by atoms with Crippen molar-refractivity contribution >= 4 is 5.91 Å². The number of aryl methyl sites for hydroxylation is 1. The molecule has 0 radical (unpaired) electrons. The second-order valence-corrected chi connectivity index (χ2v) is 8.10. The van der Waals surface area contributed by atoms with Gasteiger partial charge in [-0.2, -0.15) is 0 Å². The van der Waals surface area contributed by atoms with Gasteiger partial charge in [0, 0.05) is 26.2 Å². The van der Waals surface area contributed by atoms with Crippen molar-refractivity contribution in [2.75, 3.05) is 26.2 Å². The van der Waals surface area contributed by atoms with Gasteiger partial charge in [0.25, 0.3) is 5.91 Å². The Morgan fingerprint density at radius 2 is 1.83 bits per heavy atom. The molecule has 0 fully saturated rings. The molecule has 1 aliphatic carbocycles. The lowest BCUT2D eigenvalue weighted by atomic mass is 9.91. The number of carbonyl (C=O) groups is 1. The lowest BCUT2D eigenvalue weighted by Crippen LogP contribution is -2.42. The molecule has 29 heavy (non-hydrogen) atoms. The fraction of sp³-hybridized carbons (Fsp3) is 0.458. The largest absolute Gasteiger partial charge is 0.483 e. The minimum Gasteiger partial charge on any atom is -0.483 e. The zero-order valence-electron chi connectivity index (χ0n) is 16.9. The van der Waals surface area contributed by atoms with Crippen molar-refractivity contribution in [2.45, 2.75) is 44.8 Å². The second-order valence-electron chi connectivity index (χ2n) is 8.10. The molecule has 5 nitrogen and oxygen atoms in total. The van der Waals surface area contributed by atoms with Crippen LogP contribution in [0.1, 0.15) is 35.1 Å². The molecule has 0 saturated carbocycles. The van der Waals surface area contributed by atoms with Crippen molar-refractivity contribution in [3.8, 4) is 5.75 Å². The van der Waals surface area contributed by atoms with E-state index in [0.29, 0.717) is 6.54 Å². The summed E-state index contributed by atoms with van der Waals surface area (Å²) in [5.74, 6) is 0.631. The number of benzene rings is 2. The molecule has 4 rings (SSSR count). The van der Waals surface area contributed by atoms with Gasteiger partial charge >= 0.3 is 0 Å². The summed E-state index contributed by atoms with van der Waals surface area (Å²) in [7, 11) is 0. The number of aliphatic hydroxyl groups is 1. The molecule has 2 aromatic rings. The van der Waals surface area contributed by atoms with Gasteiger partial charge in [0.15, 0.2) is 6.61 Å². The first-order valence-corrected chi connectivity index (χ1v) is 10.7. The smallest absolute Gasteiger partial charge is 0.258 e. The number of nitrogens with one attached hydrogen (secondary N) is 1. The van der Waals surface area contributed by atoms with E-state index in [0.717, 1.165) is 38.1 Å². The third-order valence-corrected chi connectivity index (χ3v) is 5.93. The number of hydrogen-bond donors (Lipinski definition) is 2. The Morgan fingerprint density at radius 3 is 2.72 bits per heavy atom. The predicted molar refractivity (Wildman–Crippen MR) is 113 cm³/mol. The van der Waals surface area contributed by atoms with Crippen LogP contribution < -0.4 is 10.1 Å². The van der Waals surface area contributed by atoms with Gasteiger partial charge in [-0.3, -0.25) is 9.69 Å². The quantitative estimate of drug-likeness (QED) is 0.757. The normalized spacial score (nSPS) is 17.1. The molecule has 2 N–H and O–H groups in total. The number of fused-ring (bicyclic) bond motifs is 2. The van der Waals surface area contributed by atoms with Crippen LogP contribution in [0.3, 0.4) is 0 Å². The van der Waals surface area contributed by atoms with Crippen molar-refractivity contribution < 1.29 is 14.6 Å². The van der Waals surface area contributed by atoms with E-state index in [1.54, 1.807) is 0 Å². The van der Waals surface area contributed by atoms with E-state index in [-0.39, 0.29) is 19.1 Å². The van der Waals surface area contributed by atoms with Gasteiger partial charge in [-0.25, -0.2) is 0 Å². The van der Waals surface area contributed by atoms with E-state index in [4.69, 9.17) is 4.74 Å². The predicted octanol–water partition coefficient (Wildman–Crippen LogP) is 2.48. The van der Waals surface area contributed by atoms with Gasteiger partial charge in [-0.15, -0.1) is 0 Å². The molecule has 1 amide bonds. The maximum absolute atomic E-state index is 12.2. The van der Waals surface area contributed by atoms with E-state index in [1.807, 2.05) is 12.1 Å². The van der Waals surface area contributed by atoms with Crippen LogP contribution in [-0.4, -0.2) is 48.3 Å². The fourth-order valence-electron chi connectivity index (χ4n) is 4.38. The molecule has 0 spiro atoms. The summed E-state index contributed by atoms with van der Waals surface area (Å²) >= 11 is 0. The van der Waals surface area contributed by atoms with Crippen LogP contribution in [0.2, 0.25) is 0 Å². The van der Waals surface area contributed by atoms with Crippen LogP contribution in [0.4, 0.5) is 0 Å². The molecule has 154 valence electrons. The van der Waals surface area contributed by atoms with Gasteiger partial charge < -0.3 is 15.2 Å². The molecular weight excluding hydrogens is 364 g/mol. The van der Waals surface area contributed by atoms with E-state index in [9.17, 15) is 9.90 Å². The maximum atomic E-state index is 12.2. The minimum absolute atomic E-state index is 0.0136. The average Bonchev–Trinajstić information content (AvgIpc) is 2.76. The van der Waals surface area contributed by atoms with Crippen molar-refractivity contribution in [1.82, 2.24) is 10.2 Å². The van der Waals surface area contributed by atoms with Crippen LogP contribution >= 0.6 is 0 Å². The first-order valence-electron chi connectivity index (χ1n) is 10.7. The summed E-state index contributed by atoms with van der Waals surface area (Å²) in [6, 6.07) is 14.5. The Bertz CT molecular complexity index is 852. The Morgan fingerprint density at radius 1 is 1.03 bits per heavy atom. The Hall–Kier alpha value is -2.37. The summed E-state index contributed by atoms with van der Waals surface area (Å²) in [6.07, 6.45) is 4.92. The van der Waals surface area contributed by atoms with Gasteiger partial charge in [0.1, 0.15) is 5.75 Å². The van der Waals surface area contributed by atoms with Gasteiger partial charge in [0.05, 0.1) is 6.10 Å². The van der Waals surface area contributed by atoms with Gasteiger partial charge in [-0.05, 0) is 60.4 Å². The highest BCUT2D eigenvalue weighted by molar-refractivity contribution is 5.77. The Labute approximate surface area is 172 Å². The van der Waals surface area contributed by atoms with Crippen molar-refractivity contribution in [3.63, 3.8) is 0 Å². The van der Waals surface area contributed by atoms with E-state index >= 15 is 0 Å². The zero-order chi connectivity index (χ0) is 20.1. The Balaban J connectivity index is 1.20. The number of β-amino-alcohol motifs (C(OH)–C–C–N with tert-alkyl or cyclic N) is 1. The third kappa shape index (κ3) is 5.17. The van der Waals surface area contributed by atoms with Crippen LogP contribution in [0, 0.1) is 0 Å². The molecule has 2 aromatic carbocycles.